The number of hydrogen-bond donors (Lipinski definition) is 0. The summed E-state index contributed by atoms with van der Waals surface area (Å²) in [6, 6.07) is 34.0. The van der Waals surface area contributed by atoms with Gasteiger partial charge in [-0.15, -0.1) is 0 Å². The normalized spacial score (nSPS) is 12.1. The number of unbranched alkanes of at least 4 members (excludes halogenated alkanes) is 6. The number of hydrogen-bond acceptors (Lipinski definition) is 2. The van der Waals surface area contributed by atoms with Crippen molar-refractivity contribution in [2.24, 2.45) is 0 Å². The summed E-state index contributed by atoms with van der Waals surface area (Å²) >= 11 is 0. The van der Waals surface area contributed by atoms with Crippen LogP contribution >= 0.6 is 0 Å². The van der Waals surface area contributed by atoms with Gasteiger partial charge in [0.05, 0.1) is 13.2 Å². The van der Waals surface area contributed by atoms with E-state index in [0.29, 0.717) is 0 Å². The van der Waals surface area contributed by atoms with Crippen LogP contribution in [0.15, 0.2) is 97.1 Å². The first-order chi connectivity index (χ1) is 24.7. The lowest BCUT2D eigenvalue weighted by Crippen LogP contribution is -2.11. The molecule has 0 saturated heterocycles. The van der Waals surface area contributed by atoms with Gasteiger partial charge in [-0.2, -0.15) is 0 Å². The molecule has 0 aliphatic carbocycles. The van der Waals surface area contributed by atoms with E-state index < -0.39 is 0 Å². The minimum atomic E-state index is -0.228. The zero-order valence-corrected chi connectivity index (χ0v) is 31.0. The molecule has 262 valence electrons. The van der Waals surface area contributed by atoms with Gasteiger partial charge in [0.25, 0.3) is 0 Å². The van der Waals surface area contributed by atoms with Gasteiger partial charge in [0.15, 0.2) is 0 Å². The number of halogens is 1. The molecule has 0 amide bonds. The maximum Gasteiger partial charge on any atom is 0.123 e. The quantitative estimate of drug-likeness (QED) is 0.0647. The van der Waals surface area contributed by atoms with Crippen molar-refractivity contribution < 1.29 is 13.9 Å². The third-order valence-electron chi connectivity index (χ3n) is 10.4. The van der Waals surface area contributed by atoms with Crippen LogP contribution in [0, 0.1) is 5.82 Å². The summed E-state index contributed by atoms with van der Waals surface area (Å²) in [5.41, 5.74) is 5.81. The topological polar surface area (TPSA) is 18.5 Å². The van der Waals surface area contributed by atoms with E-state index in [0.717, 1.165) is 81.4 Å². The van der Waals surface area contributed by atoms with E-state index in [9.17, 15) is 4.39 Å². The SMILES string of the molecule is CCCCCCOc1ccc(-c2cc3cc(C(C)(C)C)cc4cc(-c5ccc(OCCCCCC)cc5)c5c6ccc(F)cc6cc2c5c34)cc1. The summed E-state index contributed by atoms with van der Waals surface area (Å²) in [6.07, 6.45) is 9.44. The third kappa shape index (κ3) is 7.27. The summed E-state index contributed by atoms with van der Waals surface area (Å²) in [4.78, 5) is 0. The van der Waals surface area contributed by atoms with Gasteiger partial charge in [-0.25, -0.2) is 4.39 Å². The molecule has 0 bridgehead atoms. The van der Waals surface area contributed by atoms with Gasteiger partial charge >= 0.3 is 0 Å². The molecule has 0 unspecified atom stereocenters. The Morgan fingerprint density at radius 3 is 1.59 bits per heavy atom. The zero-order chi connectivity index (χ0) is 35.5. The second kappa shape index (κ2) is 14.9. The molecular formula is C48H51FO2. The number of ether oxygens (including phenoxy) is 2. The Morgan fingerprint density at radius 2 is 1.04 bits per heavy atom. The van der Waals surface area contributed by atoms with E-state index >= 15 is 0 Å². The highest BCUT2D eigenvalue weighted by molar-refractivity contribution is 6.34. The lowest BCUT2D eigenvalue weighted by Gasteiger charge is -2.24. The highest BCUT2D eigenvalue weighted by Crippen LogP contribution is 2.48. The minimum absolute atomic E-state index is 0.0266. The van der Waals surface area contributed by atoms with Crippen molar-refractivity contribution in [2.45, 2.75) is 91.4 Å². The molecule has 7 aromatic rings. The van der Waals surface area contributed by atoms with Crippen LogP contribution in [0.5, 0.6) is 11.5 Å². The van der Waals surface area contributed by atoms with Crippen LogP contribution in [0.4, 0.5) is 4.39 Å². The van der Waals surface area contributed by atoms with Crippen LogP contribution in [-0.4, -0.2) is 13.2 Å². The zero-order valence-electron chi connectivity index (χ0n) is 31.0. The highest BCUT2D eigenvalue weighted by atomic mass is 19.1. The fourth-order valence-electron chi connectivity index (χ4n) is 7.59. The van der Waals surface area contributed by atoms with Gasteiger partial charge in [-0.3, -0.25) is 0 Å². The van der Waals surface area contributed by atoms with Crippen molar-refractivity contribution in [1.82, 2.24) is 0 Å². The predicted octanol–water partition coefficient (Wildman–Crippen LogP) is 14.4. The maximum atomic E-state index is 14.9. The van der Waals surface area contributed by atoms with E-state index in [4.69, 9.17) is 9.47 Å². The summed E-state index contributed by atoms with van der Waals surface area (Å²) in [5, 5.41) is 9.17. The first kappa shape index (κ1) is 34.8. The van der Waals surface area contributed by atoms with E-state index in [1.807, 2.05) is 6.07 Å². The van der Waals surface area contributed by atoms with Crippen molar-refractivity contribution in [1.29, 1.82) is 0 Å². The summed E-state index contributed by atoms with van der Waals surface area (Å²) in [5.74, 6) is 1.56. The Labute approximate surface area is 302 Å². The van der Waals surface area contributed by atoms with Crippen LogP contribution in [0.3, 0.4) is 0 Å². The van der Waals surface area contributed by atoms with Gasteiger partial charge < -0.3 is 9.47 Å². The van der Waals surface area contributed by atoms with E-state index in [-0.39, 0.29) is 11.2 Å². The predicted molar refractivity (Wildman–Crippen MR) is 216 cm³/mol. The lowest BCUT2D eigenvalue weighted by molar-refractivity contribution is 0.305. The molecule has 0 radical (unpaired) electrons. The Bertz CT molecular complexity index is 2240. The standard InChI is InChI=1S/C48H51FO2/c1-6-8-10-12-24-50-39-19-14-32(15-20-39)42-30-35-26-37(48(3,4)5)27-36-31-43(33-16-21-40(22-17-33)51-25-13-11-9-7-2)46-41-23-18-38(49)28-34(41)29-44(42)47(46)45(35)36/h14-23,26-31H,6-13,24-25H2,1-5H3. The van der Waals surface area contributed by atoms with Crippen LogP contribution in [0.1, 0.15) is 91.5 Å². The number of rotatable bonds is 14. The lowest BCUT2D eigenvalue weighted by atomic mass is 9.80. The second-order valence-electron chi connectivity index (χ2n) is 15.3. The molecule has 0 heterocycles. The molecule has 7 rings (SSSR count). The van der Waals surface area contributed by atoms with Crippen LogP contribution < -0.4 is 9.47 Å². The monoisotopic (exact) mass is 678 g/mol. The fraction of sp³-hybridized carbons (Fsp3) is 0.333. The molecule has 0 aromatic heterocycles. The molecule has 0 saturated carbocycles. The molecule has 2 nitrogen and oxygen atoms in total. The average molecular weight is 679 g/mol. The molecule has 7 aromatic carbocycles. The highest BCUT2D eigenvalue weighted by Gasteiger charge is 2.22. The van der Waals surface area contributed by atoms with E-state index in [1.165, 1.54) is 65.6 Å². The molecule has 0 atom stereocenters. The first-order valence-corrected chi connectivity index (χ1v) is 19.1. The third-order valence-corrected chi connectivity index (χ3v) is 10.4. The summed E-state index contributed by atoms with van der Waals surface area (Å²) in [7, 11) is 0. The molecular weight excluding hydrogens is 628 g/mol. The van der Waals surface area contributed by atoms with E-state index in [2.05, 4.69) is 113 Å². The van der Waals surface area contributed by atoms with Crippen LogP contribution in [0.2, 0.25) is 0 Å². The summed E-state index contributed by atoms with van der Waals surface area (Å²) < 4.78 is 27.2. The Hall–Kier alpha value is -4.63. The molecule has 0 fully saturated rings. The Kier molecular flexibility index (Phi) is 10.2. The second-order valence-corrected chi connectivity index (χ2v) is 15.3. The smallest absolute Gasteiger partial charge is 0.123 e. The number of fused-ring (bicyclic) bond motifs is 2. The molecule has 51 heavy (non-hydrogen) atoms. The van der Waals surface area contributed by atoms with Gasteiger partial charge in [-0.05, 0) is 144 Å². The molecule has 0 aliphatic rings. The van der Waals surface area contributed by atoms with Gasteiger partial charge in [0, 0.05) is 0 Å². The largest absolute Gasteiger partial charge is 0.494 e. The van der Waals surface area contributed by atoms with Crippen LogP contribution in [-0.2, 0) is 5.41 Å². The Morgan fingerprint density at radius 1 is 0.490 bits per heavy atom. The Balaban J connectivity index is 1.42. The van der Waals surface area contributed by atoms with Crippen molar-refractivity contribution in [3.05, 3.63) is 108 Å². The van der Waals surface area contributed by atoms with Gasteiger partial charge in [-0.1, -0.05) is 116 Å². The van der Waals surface area contributed by atoms with E-state index in [1.54, 1.807) is 12.1 Å². The first-order valence-electron chi connectivity index (χ1n) is 19.1. The van der Waals surface area contributed by atoms with Crippen molar-refractivity contribution >= 4 is 43.1 Å². The maximum absolute atomic E-state index is 14.9. The molecule has 0 spiro atoms. The van der Waals surface area contributed by atoms with Gasteiger partial charge in [0.2, 0.25) is 0 Å². The fourth-order valence-corrected chi connectivity index (χ4v) is 7.59. The van der Waals surface area contributed by atoms with Gasteiger partial charge in [0.1, 0.15) is 17.3 Å². The number of benzene rings is 7. The minimum Gasteiger partial charge on any atom is -0.494 e. The van der Waals surface area contributed by atoms with Crippen molar-refractivity contribution in [3.8, 4) is 33.8 Å². The molecule has 3 heteroatoms. The molecule has 0 aliphatic heterocycles. The average Bonchev–Trinajstić information content (AvgIpc) is 3.13. The van der Waals surface area contributed by atoms with Crippen molar-refractivity contribution in [3.63, 3.8) is 0 Å². The van der Waals surface area contributed by atoms with Crippen molar-refractivity contribution in [2.75, 3.05) is 13.2 Å². The summed E-state index contributed by atoms with van der Waals surface area (Å²) in [6.45, 7) is 12.8. The molecule has 0 N–H and O–H groups in total. The van der Waals surface area contributed by atoms with Crippen LogP contribution in [0.25, 0.3) is 65.3 Å².